The fourth-order valence-corrected chi connectivity index (χ4v) is 6.60. The summed E-state index contributed by atoms with van der Waals surface area (Å²) in [6.45, 7) is 3.44. The summed E-state index contributed by atoms with van der Waals surface area (Å²) < 4.78 is 6.46. The SMILES string of the molecule is CN(C)C1CCC(C2NOC([C@H]3CCCN3CC3CC4CCCCC4O3)N2)C[NH2+]1. The first-order chi connectivity index (χ1) is 14.2. The Morgan fingerprint density at radius 2 is 1.93 bits per heavy atom. The van der Waals surface area contributed by atoms with Crippen molar-refractivity contribution in [1.82, 2.24) is 20.6 Å². The molecule has 0 aromatic rings. The lowest BCUT2D eigenvalue weighted by molar-refractivity contribution is -0.721. The van der Waals surface area contributed by atoms with Gasteiger partial charge in [-0.25, -0.2) is 0 Å². The highest BCUT2D eigenvalue weighted by Gasteiger charge is 2.43. The maximum Gasteiger partial charge on any atom is 0.146 e. The van der Waals surface area contributed by atoms with Gasteiger partial charge in [-0.3, -0.25) is 20.0 Å². The molecule has 4 N–H and O–H groups in total. The normalized spacial score (nSPS) is 46.4. The van der Waals surface area contributed by atoms with Crippen molar-refractivity contribution in [2.75, 3.05) is 33.7 Å². The number of rotatable bonds is 5. The van der Waals surface area contributed by atoms with Crippen molar-refractivity contribution in [3.8, 4) is 0 Å². The largest absolute Gasteiger partial charge is 0.373 e. The van der Waals surface area contributed by atoms with Gasteiger partial charge in [0.15, 0.2) is 0 Å². The Kier molecular flexibility index (Phi) is 6.44. The number of quaternary nitrogens is 1. The van der Waals surface area contributed by atoms with Gasteiger partial charge in [0, 0.05) is 18.9 Å². The molecule has 166 valence electrons. The minimum atomic E-state index is 0.109. The summed E-state index contributed by atoms with van der Waals surface area (Å²) >= 11 is 0. The van der Waals surface area contributed by atoms with Crippen LogP contribution in [-0.4, -0.2) is 80.3 Å². The predicted molar refractivity (Wildman–Crippen MR) is 112 cm³/mol. The van der Waals surface area contributed by atoms with E-state index in [-0.39, 0.29) is 12.4 Å². The van der Waals surface area contributed by atoms with Gasteiger partial charge in [-0.15, -0.1) is 0 Å². The van der Waals surface area contributed by atoms with Gasteiger partial charge in [-0.2, -0.15) is 5.48 Å². The van der Waals surface area contributed by atoms with E-state index < -0.39 is 0 Å². The van der Waals surface area contributed by atoms with E-state index in [1.54, 1.807) is 0 Å². The number of nitrogens with two attached hydrogens (primary N) is 1. The molecule has 7 unspecified atom stereocenters. The third-order valence-corrected chi connectivity index (χ3v) is 8.32. The highest BCUT2D eigenvalue weighted by molar-refractivity contribution is 4.93. The number of ether oxygens (including phenoxy) is 1. The van der Waals surface area contributed by atoms with Gasteiger partial charge < -0.3 is 10.1 Å². The van der Waals surface area contributed by atoms with Crippen molar-refractivity contribution in [3.05, 3.63) is 0 Å². The lowest BCUT2D eigenvalue weighted by Crippen LogP contribution is -2.96. The molecule has 0 aromatic heterocycles. The summed E-state index contributed by atoms with van der Waals surface area (Å²) in [5, 5.41) is 6.29. The van der Waals surface area contributed by atoms with E-state index in [1.807, 2.05) is 0 Å². The predicted octanol–water partition coefficient (Wildman–Crippen LogP) is 0.436. The number of hydrogen-bond donors (Lipinski definition) is 3. The lowest BCUT2D eigenvalue weighted by Gasteiger charge is -2.33. The second-order valence-electron chi connectivity index (χ2n) is 10.4. The molecule has 0 spiro atoms. The van der Waals surface area contributed by atoms with Gasteiger partial charge in [0.25, 0.3) is 0 Å². The molecule has 1 aliphatic carbocycles. The molecule has 4 saturated heterocycles. The molecule has 0 amide bonds. The number of fused-ring (bicyclic) bond motifs is 1. The minimum Gasteiger partial charge on any atom is -0.373 e. The maximum absolute atomic E-state index is 6.46. The van der Waals surface area contributed by atoms with Gasteiger partial charge in [-0.05, 0) is 65.1 Å². The standard InChI is InChI=1S/C22H41N5O2/c1-26(2)20-10-9-16(13-23-20)21-24-22(29-25-21)18-7-5-11-27(18)14-17-12-15-6-3-4-8-19(15)28-17/h15-25H,3-14H2,1-2H3/p+1/t15?,16?,17?,18-,19?,20?,21?,22?/m1/s1. The van der Waals surface area contributed by atoms with Crippen molar-refractivity contribution in [1.29, 1.82) is 0 Å². The van der Waals surface area contributed by atoms with Crippen LogP contribution in [0.2, 0.25) is 0 Å². The van der Waals surface area contributed by atoms with Crippen LogP contribution in [0.4, 0.5) is 0 Å². The van der Waals surface area contributed by atoms with Crippen molar-refractivity contribution >= 4 is 0 Å². The summed E-state index contributed by atoms with van der Waals surface area (Å²) in [4.78, 5) is 11.1. The molecule has 4 heterocycles. The van der Waals surface area contributed by atoms with Crippen LogP contribution in [0.15, 0.2) is 0 Å². The van der Waals surface area contributed by atoms with Crippen LogP contribution in [-0.2, 0) is 9.57 Å². The zero-order chi connectivity index (χ0) is 19.8. The van der Waals surface area contributed by atoms with E-state index in [1.165, 1.54) is 64.3 Å². The lowest BCUT2D eigenvalue weighted by atomic mass is 9.85. The number of hydrogen-bond acceptors (Lipinski definition) is 6. The summed E-state index contributed by atoms with van der Waals surface area (Å²) in [7, 11) is 4.37. The molecule has 4 aliphatic heterocycles. The number of likely N-dealkylation sites (tertiary alicyclic amines) is 1. The first kappa shape index (κ1) is 20.6. The molecule has 8 atom stereocenters. The summed E-state index contributed by atoms with van der Waals surface area (Å²) in [5.41, 5.74) is 3.35. The second kappa shape index (κ2) is 9.07. The Bertz CT molecular complexity index is 527. The van der Waals surface area contributed by atoms with Crippen LogP contribution in [0.1, 0.15) is 57.8 Å². The van der Waals surface area contributed by atoms with Crippen LogP contribution >= 0.6 is 0 Å². The molecular weight excluding hydrogens is 366 g/mol. The van der Waals surface area contributed by atoms with Crippen LogP contribution in [0, 0.1) is 11.8 Å². The van der Waals surface area contributed by atoms with Crippen LogP contribution in [0.5, 0.6) is 0 Å². The molecular formula is C22H42N5O2+. The van der Waals surface area contributed by atoms with Crippen molar-refractivity contribution in [2.45, 2.75) is 94.6 Å². The van der Waals surface area contributed by atoms with Gasteiger partial charge in [0.1, 0.15) is 12.4 Å². The van der Waals surface area contributed by atoms with Crippen molar-refractivity contribution in [3.63, 3.8) is 0 Å². The van der Waals surface area contributed by atoms with Gasteiger partial charge >= 0.3 is 0 Å². The molecule has 7 nitrogen and oxygen atoms in total. The van der Waals surface area contributed by atoms with E-state index in [0.29, 0.717) is 30.3 Å². The number of piperidine rings is 1. The number of nitrogens with zero attached hydrogens (tertiary/aromatic N) is 2. The van der Waals surface area contributed by atoms with Crippen molar-refractivity contribution in [2.24, 2.45) is 11.8 Å². The molecule has 0 aromatic carbocycles. The van der Waals surface area contributed by atoms with Gasteiger partial charge in [0.2, 0.25) is 0 Å². The van der Waals surface area contributed by atoms with E-state index in [2.05, 4.69) is 40.0 Å². The van der Waals surface area contributed by atoms with E-state index >= 15 is 0 Å². The number of nitrogens with one attached hydrogen (secondary N) is 2. The molecule has 5 fully saturated rings. The van der Waals surface area contributed by atoms with Crippen LogP contribution < -0.4 is 16.1 Å². The summed E-state index contributed by atoms with van der Waals surface area (Å²) in [5.74, 6) is 1.46. The average Bonchev–Trinajstić information content (AvgIpc) is 3.47. The Labute approximate surface area is 176 Å². The average molecular weight is 409 g/mol. The first-order valence-corrected chi connectivity index (χ1v) is 12.2. The Balaban J connectivity index is 1.11. The third kappa shape index (κ3) is 4.52. The quantitative estimate of drug-likeness (QED) is 0.613. The maximum atomic E-state index is 6.46. The van der Waals surface area contributed by atoms with E-state index in [4.69, 9.17) is 9.57 Å². The van der Waals surface area contributed by atoms with Crippen molar-refractivity contribution < 1.29 is 14.9 Å². The minimum absolute atomic E-state index is 0.109. The smallest absolute Gasteiger partial charge is 0.146 e. The molecule has 29 heavy (non-hydrogen) atoms. The zero-order valence-electron chi connectivity index (χ0n) is 18.4. The molecule has 0 radical (unpaired) electrons. The fourth-order valence-electron chi connectivity index (χ4n) is 6.60. The molecule has 1 saturated carbocycles. The van der Waals surface area contributed by atoms with E-state index in [9.17, 15) is 0 Å². The molecule has 5 aliphatic rings. The topological polar surface area (TPSA) is 65.6 Å². The first-order valence-electron chi connectivity index (χ1n) is 12.2. The van der Waals surface area contributed by atoms with Crippen LogP contribution in [0.25, 0.3) is 0 Å². The Morgan fingerprint density at radius 3 is 2.72 bits per heavy atom. The Morgan fingerprint density at radius 1 is 1.03 bits per heavy atom. The number of hydroxylamine groups is 1. The molecule has 7 heteroatoms. The third-order valence-electron chi connectivity index (χ3n) is 8.32. The summed E-state index contributed by atoms with van der Waals surface area (Å²) in [6, 6.07) is 0.473. The second-order valence-corrected chi connectivity index (χ2v) is 10.4. The van der Waals surface area contributed by atoms with Gasteiger partial charge in [0.05, 0.1) is 31.0 Å². The van der Waals surface area contributed by atoms with Crippen LogP contribution in [0.3, 0.4) is 0 Å². The van der Waals surface area contributed by atoms with Gasteiger partial charge in [-0.1, -0.05) is 12.8 Å². The molecule has 5 rings (SSSR count). The Hall–Kier alpha value is -0.280. The highest BCUT2D eigenvalue weighted by atomic mass is 16.7. The summed E-state index contributed by atoms with van der Waals surface area (Å²) in [6.07, 6.45) is 13.7. The fraction of sp³-hybridized carbons (Fsp3) is 1.00. The highest BCUT2D eigenvalue weighted by Crippen LogP contribution is 2.38. The molecule has 0 bridgehead atoms. The zero-order valence-corrected chi connectivity index (χ0v) is 18.4. The monoisotopic (exact) mass is 408 g/mol. The van der Waals surface area contributed by atoms with E-state index in [0.717, 1.165) is 19.0 Å².